The molecule has 220 valence electrons. The SMILES string of the molecule is CCNc1nc(-c2cc(OC)cc(OC)c2)c(-c2ccnc(Nc3ccc(N4CCN5CCCCC5C4)c(F)c3)n2)s1. The average molecular weight is 590 g/mol. The van der Waals surface area contributed by atoms with Crippen molar-refractivity contribution in [3.8, 4) is 33.3 Å². The number of nitrogens with zero attached hydrogens (tertiary/aromatic N) is 5. The first kappa shape index (κ1) is 28.2. The Bertz CT molecular complexity index is 1530. The van der Waals surface area contributed by atoms with Crippen LogP contribution < -0.4 is 25.0 Å². The van der Waals surface area contributed by atoms with Gasteiger partial charge in [-0.2, -0.15) is 0 Å². The van der Waals surface area contributed by atoms with Gasteiger partial charge in [0.25, 0.3) is 0 Å². The number of halogens is 1. The van der Waals surface area contributed by atoms with E-state index in [0.717, 1.165) is 54.0 Å². The number of anilines is 4. The van der Waals surface area contributed by atoms with Gasteiger partial charge in [-0.15, -0.1) is 0 Å². The lowest BCUT2D eigenvalue weighted by molar-refractivity contribution is 0.133. The molecule has 9 nitrogen and oxygen atoms in total. The van der Waals surface area contributed by atoms with E-state index in [1.54, 1.807) is 20.4 Å². The number of nitrogens with one attached hydrogen (secondary N) is 2. The molecular weight excluding hydrogens is 553 g/mol. The van der Waals surface area contributed by atoms with Gasteiger partial charge in [-0.1, -0.05) is 17.8 Å². The minimum absolute atomic E-state index is 0.243. The van der Waals surface area contributed by atoms with Gasteiger partial charge in [0.1, 0.15) is 17.3 Å². The van der Waals surface area contributed by atoms with E-state index < -0.39 is 0 Å². The zero-order valence-electron chi connectivity index (χ0n) is 24.2. The molecule has 6 rings (SSSR count). The maximum atomic E-state index is 15.4. The van der Waals surface area contributed by atoms with Crippen molar-refractivity contribution in [1.29, 1.82) is 0 Å². The van der Waals surface area contributed by atoms with E-state index in [9.17, 15) is 0 Å². The van der Waals surface area contributed by atoms with Crippen LogP contribution in [-0.2, 0) is 0 Å². The van der Waals surface area contributed by atoms with Crippen molar-refractivity contribution in [1.82, 2.24) is 19.9 Å². The summed E-state index contributed by atoms with van der Waals surface area (Å²) in [6.07, 6.45) is 5.41. The van der Waals surface area contributed by atoms with Gasteiger partial charge in [0, 0.05) is 55.7 Å². The van der Waals surface area contributed by atoms with Gasteiger partial charge < -0.3 is 25.0 Å². The summed E-state index contributed by atoms with van der Waals surface area (Å²) in [7, 11) is 3.25. The minimum Gasteiger partial charge on any atom is -0.497 e. The van der Waals surface area contributed by atoms with Crippen LogP contribution >= 0.6 is 11.3 Å². The maximum absolute atomic E-state index is 15.4. The molecule has 4 heterocycles. The molecule has 2 aliphatic heterocycles. The molecule has 0 bridgehead atoms. The van der Waals surface area contributed by atoms with Crippen LogP contribution in [0.4, 0.5) is 26.8 Å². The highest BCUT2D eigenvalue weighted by Gasteiger charge is 2.30. The maximum Gasteiger partial charge on any atom is 0.227 e. The fourth-order valence-electron chi connectivity index (χ4n) is 5.75. The first-order valence-corrected chi connectivity index (χ1v) is 15.2. The first-order valence-electron chi connectivity index (χ1n) is 14.4. The van der Waals surface area contributed by atoms with E-state index in [0.29, 0.717) is 40.6 Å². The van der Waals surface area contributed by atoms with Crippen LogP contribution in [0.5, 0.6) is 11.5 Å². The molecule has 42 heavy (non-hydrogen) atoms. The number of rotatable bonds is 9. The molecule has 0 aliphatic carbocycles. The lowest BCUT2D eigenvalue weighted by atomic mass is 9.99. The third kappa shape index (κ3) is 5.98. The summed E-state index contributed by atoms with van der Waals surface area (Å²) < 4.78 is 26.4. The van der Waals surface area contributed by atoms with Crippen LogP contribution in [0, 0.1) is 5.82 Å². The highest BCUT2D eigenvalue weighted by molar-refractivity contribution is 7.19. The quantitative estimate of drug-likeness (QED) is 0.234. The number of aromatic nitrogens is 3. The van der Waals surface area contributed by atoms with E-state index >= 15 is 4.39 Å². The van der Waals surface area contributed by atoms with Crippen molar-refractivity contribution in [2.45, 2.75) is 32.2 Å². The van der Waals surface area contributed by atoms with Gasteiger partial charge >= 0.3 is 0 Å². The number of ether oxygens (including phenoxy) is 2. The molecule has 0 spiro atoms. The van der Waals surface area contributed by atoms with Crippen molar-refractivity contribution < 1.29 is 13.9 Å². The second-order valence-electron chi connectivity index (χ2n) is 10.5. The number of fused-ring (bicyclic) bond motifs is 1. The summed E-state index contributed by atoms with van der Waals surface area (Å²) in [4.78, 5) is 19.7. The second-order valence-corrected chi connectivity index (χ2v) is 11.5. The summed E-state index contributed by atoms with van der Waals surface area (Å²) in [6.45, 7) is 6.64. The number of hydrogen-bond acceptors (Lipinski definition) is 10. The molecule has 2 aromatic heterocycles. The Hall–Kier alpha value is -3.96. The number of benzene rings is 2. The van der Waals surface area contributed by atoms with Crippen molar-refractivity contribution in [3.63, 3.8) is 0 Å². The molecule has 4 aromatic rings. The van der Waals surface area contributed by atoms with Gasteiger partial charge in [-0.05, 0) is 62.7 Å². The Morgan fingerprint density at radius 3 is 2.60 bits per heavy atom. The highest BCUT2D eigenvalue weighted by Crippen LogP contribution is 2.41. The zero-order chi connectivity index (χ0) is 29.1. The van der Waals surface area contributed by atoms with E-state index in [-0.39, 0.29) is 5.82 Å². The van der Waals surface area contributed by atoms with E-state index in [4.69, 9.17) is 19.4 Å². The summed E-state index contributed by atoms with van der Waals surface area (Å²) >= 11 is 1.51. The summed E-state index contributed by atoms with van der Waals surface area (Å²) in [6, 6.07) is 13.3. The van der Waals surface area contributed by atoms with Crippen molar-refractivity contribution >= 4 is 33.8 Å². The first-order chi connectivity index (χ1) is 20.5. The lowest BCUT2D eigenvalue weighted by Gasteiger charge is -2.45. The monoisotopic (exact) mass is 589 g/mol. The summed E-state index contributed by atoms with van der Waals surface area (Å²) in [5.41, 5.74) is 3.56. The van der Waals surface area contributed by atoms with E-state index in [1.165, 1.54) is 36.7 Å². The van der Waals surface area contributed by atoms with Gasteiger partial charge in [0.2, 0.25) is 5.95 Å². The minimum atomic E-state index is -0.243. The number of piperazine rings is 1. The van der Waals surface area contributed by atoms with E-state index in [1.807, 2.05) is 43.3 Å². The number of hydrogen-bond donors (Lipinski definition) is 2. The normalized spacial score (nSPS) is 17.0. The van der Waals surface area contributed by atoms with Crippen molar-refractivity contribution in [3.05, 3.63) is 54.5 Å². The number of thiazole rings is 1. The van der Waals surface area contributed by atoms with Crippen LogP contribution in [0.25, 0.3) is 21.8 Å². The Labute approximate surface area is 249 Å². The standard InChI is InChI=1S/C31H36FN7O2S/c1-4-33-31-37-28(20-15-23(40-2)18-24(16-20)41-3)29(42-31)26-10-11-34-30(36-26)35-21-8-9-27(25(32)17-21)39-14-13-38-12-6-5-7-22(38)19-39/h8-11,15-18,22H,4-7,12-14,19H2,1-3H3,(H,33,37)(H,34,35,36). The molecule has 2 aromatic carbocycles. The Kier molecular flexibility index (Phi) is 8.38. The lowest BCUT2D eigenvalue weighted by Crippen LogP contribution is -2.55. The van der Waals surface area contributed by atoms with Gasteiger partial charge in [-0.25, -0.2) is 19.3 Å². The predicted molar refractivity (Wildman–Crippen MR) is 167 cm³/mol. The number of methoxy groups -OCH3 is 2. The summed E-state index contributed by atoms with van der Waals surface area (Å²) in [5, 5.41) is 7.29. The molecule has 2 fully saturated rings. The van der Waals surface area contributed by atoms with Crippen LogP contribution in [0.2, 0.25) is 0 Å². The van der Waals surface area contributed by atoms with Crippen LogP contribution in [0.15, 0.2) is 48.7 Å². The molecule has 2 aliphatic rings. The van der Waals surface area contributed by atoms with Crippen LogP contribution in [0.3, 0.4) is 0 Å². The Balaban J connectivity index is 1.25. The van der Waals surface area contributed by atoms with Crippen molar-refractivity contribution in [2.24, 2.45) is 0 Å². The average Bonchev–Trinajstić information content (AvgIpc) is 3.45. The van der Waals surface area contributed by atoms with Crippen LogP contribution in [-0.4, -0.2) is 72.8 Å². The molecule has 0 radical (unpaired) electrons. The molecule has 1 atom stereocenters. The van der Waals surface area contributed by atoms with Gasteiger partial charge in [0.15, 0.2) is 5.13 Å². The third-order valence-corrected chi connectivity index (χ3v) is 8.89. The second kappa shape index (κ2) is 12.5. The van der Waals surface area contributed by atoms with E-state index in [2.05, 4.69) is 25.4 Å². The summed E-state index contributed by atoms with van der Waals surface area (Å²) in [5.74, 6) is 1.48. The van der Waals surface area contributed by atoms with Crippen LogP contribution in [0.1, 0.15) is 26.2 Å². The fraction of sp³-hybridized carbons (Fsp3) is 0.387. The molecular formula is C31H36FN7O2S. The molecule has 11 heteroatoms. The zero-order valence-corrected chi connectivity index (χ0v) is 25.0. The van der Waals surface area contributed by atoms with Gasteiger partial charge in [-0.3, -0.25) is 4.90 Å². The predicted octanol–water partition coefficient (Wildman–Crippen LogP) is 6.27. The molecule has 0 amide bonds. The fourth-order valence-corrected chi connectivity index (χ4v) is 6.78. The Morgan fingerprint density at radius 1 is 1.00 bits per heavy atom. The van der Waals surface area contributed by atoms with Crippen molar-refractivity contribution in [2.75, 3.05) is 62.5 Å². The number of piperidine rings is 1. The third-order valence-electron chi connectivity index (χ3n) is 7.85. The Morgan fingerprint density at radius 2 is 1.83 bits per heavy atom. The molecule has 2 N–H and O–H groups in total. The largest absolute Gasteiger partial charge is 0.497 e. The van der Waals surface area contributed by atoms with Gasteiger partial charge in [0.05, 0.1) is 36.2 Å². The molecule has 1 unspecified atom stereocenters. The smallest absolute Gasteiger partial charge is 0.227 e. The molecule has 0 saturated carbocycles. The molecule has 2 saturated heterocycles. The highest BCUT2D eigenvalue weighted by atomic mass is 32.1. The topological polar surface area (TPSA) is 87.7 Å².